The van der Waals surface area contributed by atoms with Gasteiger partial charge in [-0.05, 0) is 29.3 Å². The normalized spacial score (nSPS) is 10.5. The second kappa shape index (κ2) is 6.40. The van der Waals surface area contributed by atoms with Gasteiger partial charge >= 0.3 is 5.97 Å². The molecule has 0 aromatic heterocycles. The van der Waals surface area contributed by atoms with Crippen LogP contribution in [0.2, 0.25) is 0 Å². The Kier molecular flexibility index (Phi) is 4.34. The minimum Gasteiger partial charge on any atom is -0.490 e. The Morgan fingerprint density at radius 3 is 2.26 bits per heavy atom. The fourth-order valence-corrected chi connectivity index (χ4v) is 1.67. The SMILES string of the molecule is O=C(O)C=CCOc1ccc(-c2ccccc2)cc1. The van der Waals surface area contributed by atoms with Crippen LogP contribution in [0.1, 0.15) is 0 Å². The summed E-state index contributed by atoms with van der Waals surface area (Å²) in [6, 6.07) is 17.8. The van der Waals surface area contributed by atoms with E-state index in [0.717, 1.165) is 23.0 Å². The number of rotatable bonds is 5. The quantitative estimate of drug-likeness (QED) is 0.832. The lowest BCUT2D eigenvalue weighted by Gasteiger charge is -2.05. The maximum Gasteiger partial charge on any atom is 0.328 e. The number of carboxylic acids is 1. The van der Waals surface area contributed by atoms with Crippen molar-refractivity contribution in [3.63, 3.8) is 0 Å². The standard InChI is InChI=1S/C16H14O3/c17-16(18)7-4-12-19-15-10-8-14(9-11-15)13-5-2-1-3-6-13/h1-11H,12H2,(H,17,18). The van der Waals surface area contributed by atoms with Crippen molar-refractivity contribution in [3.05, 3.63) is 66.7 Å². The van der Waals surface area contributed by atoms with E-state index in [1.165, 1.54) is 6.08 Å². The maximum atomic E-state index is 10.3. The lowest BCUT2D eigenvalue weighted by molar-refractivity contribution is -0.131. The molecule has 3 nitrogen and oxygen atoms in total. The van der Waals surface area contributed by atoms with E-state index in [-0.39, 0.29) is 6.61 Å². The number of hydrogen-bond acceptors (Lipinski definition) is 2. The molecule has 0 aliphatic rings. The van der Waals surface area contributed by atoms with E-state index in [1.807, 2.05) is 54.6 Å². The summed E-state index contributed by atoms with van der Waals surface area (Å²) in [6.07, 6.45) is 2.53. The molecule has 2 aromatic carbocycles. The molecule has 0 unspecified atom stereocenters. The third kappa shape index (κ3) is 4.00. The number of hydrogen-bond donors (Lipinski definition) is 1. The molecule has 0 saturated carbocycles. The zero-order valence-electron chi connectivity index (χ0n) is 10.3. The number of ether oxygens (including phenoxy) is 1. The average molecular weight is 254 g/mol. The first-order valence-electron chi connectivity index (χ1n) is 5.93. The van der Waals surface area contributed by atoms with Gasteiger partial charge in [-0.25, -0.2) is 4.79 Å². The van der Waals surface area contributed by atoms with Crippen molar-refractivity contribution >= 4 is 5.97 Å². The van der Waals surface area contributed by atoms with Crippen LogP contribution in [-0.2, 0) is 4.79 Å². The molecule has 0 atom stereocenters. The average Bonchev–Trinajstić information content (AvgIpc) is 2.45. The summed E-state index contributed by atoms with van der Waals surface area (Å²) in [4.78, 5) is 10.3. The van der Waals surface area contributed by atoms with Crippen LogP contribution in [0.15, 0.2) is 66.7 Å². The van der Waals surface area contributed by atoms with Crippen LogP contribution >= 0.6 is 0 Å². The van der Waals surface area contributed by atoms with Gasteiger partial charge in [0, 0.05) is 6.08 Å². The van der Waals surface area contributed by atoms with E-state index in [0.29, 0.717) is 0 Å². The number of benzene rings is 2. The van der Waals surface area contributed by atoms with Crippen LogP contribution in [-0.4, -0.2) is 17.7 Å². The molecule has 0 aliphatic heterocycles. The zero-order valence-corrected chi connectivity index (χ0v) is 10.3. The van der Waals surface area contributed by atoms with Crippen molar-refractivity contribution in [2.75, 3.05) is 6.61 Å². The third-order valence-corrected chi connectivity index (χ3v) is 2.57. The Balaban J connectivity index is 1.97. The fraction of sp³-hybridized carbons (Fsp3) is 0.0625. The predicted octanol–water partition coefficient (Wildman–Crippen LogP) is 3.37. The van der Waals surface area contributed by atoms with E-state index < -0.39 is 5.97 Å². The zero-order chi connectivity index (χ0) is 13.5. The maximum absolute atomic E-state index is 10.3. The van der Waals surface area contributed by atoms with Gasteiger partial charge in [-0.3, -0.25) is 0 Å². The first kappa shape index (κ1) is 12.9. The smallest absolute Gasteiger partial charge is 0.328 e. The van der Waals surface area contributed by atoms with Crippen LogP contribution in [0, 0.1) is 0 Å². The summed E-state index contributed by atoms with van der Waals surface area (Å²) in [5.41, 5.74) is 2.27. The molecule has 3 heteroatoms. The number of carboxylic acid groups (broad SMARTS) is 1. The van der Waals surface area contributed by atoms with Crippen molar-refractivity contribution in [1.82, 2.24) is 0 Å². The molecule has 1 N–H and O–H groups in total. The summed E-state index contributed by atoms with van der Waals surface area (Å²) in [5.74, 6) is -0.252. The monoisotopic (exact) mass is 254 g/mol. The molecule has 96 valence electrons. The number of carbonyl (C=O) groups is 1. The van der Waals surface area contributed by atoms with E-state index in [9.17, 15) is 4.79 Å². The molecule has 0 fully saturated rings. The third-order valence-electron chi connectivity index (χ3n) is 2.57. The summed E-state index contributed by atoms with van der Waals surface area (Å²) in [6.45, 7) is 0.247. The van der Waals surface area contributed by atoms with E-state index in [2.05, 4.69) is 0 Å². The van der Waals surface area contributed by atoms with Gasteiger partial charge in [0.1, 0.15) is 12.4 Å². The van der Waals surface area contributed by atoms with Gasteiger partial charge in [-0.2, -0.15) is 0 Å². The topological polar surface area (TPSA) is 46.5 Å². The molecule has 0 heterocycles. The van der Waals surface area contributed by atoms with Crippen LogP contribution in [0.4, 0.5) is 0 Å². The molecular formula is C16H14O3. The van der Waals surface area contributed by atoms with Gasteiger partial charge in [0.15, 0.2) is 0 Å². The van der Waals surface area contributed by atoms with E-state index in [4.69, 9.17) is 9.84 Å². The lowest BCUT2D eigenvalue weighted by Crippen LogP contribution is -1.95. The first-order valence-corrected chi connectivity index (χ1v) is 5.93. The first-order chi connectivity index (χ1) is 9.25. The summed E-state index contributed by atoms with van der Waals surface area (Å²) < 4.78 is 5.40. The highest BCUT2D eigenvalue weighted by molar-refractivity contribution is 5.79. The van der Waals surface area contributed by atoms with Gasteiger partial charge in [0.25, 0.3) is 0 Å². The Morgan fingerprint density at radius 2 is 1.63 bits per heavy atom. The van der Waals surface area contributed by atoms with Crippen LogP contribution in [0.25, 0.3) is 11.1 Å². The molecule has 2 rings (SSSR count). The Morgan fingerprint density at radius 1 is 1.00 bits per heavy atom. The molecular weight excluding hydrogens is 240 g/mol. The summed E-state index contributed by atoms with van der Waals surface area (Å²) >= 11 is 0. The lowest BCUT2D eigenvalue weighted by atomic mass is 10.1. The van der Waals surface area contributed by atoms with Gasteiger partial charge in [-0.15, -0.1) is 0 Å². The van der Waals surface area contributed by atoms with Crippen molar-refractivity contribution in [1.29, 1.82) is 0 Å². The second-order valence-corrected chi connectivity index (χ2v) is 3.94. The van der Waals surface area contributed by atoms with Crippen molar-refractivity contribution in [3.8, 4) is 16.9 Å². The van der Waals surface area contributed by atoms with Crippen molar-refractivity contribution < 1.29 is 14.6 Å². The van der Waals surface area contributed by atoms with Crippen molar-refractivity contribution in [2.24, 2.45) is 0 Å². The highest BCUT2D eigenvalue weighted by Gasteiger charge is 1.97. The van der Waals surface area contributed by atoms with E-state index >= 15 is 0 Å². The van der Waals surface area contributed by atoms with Crippen LogP contribution < -0.4 is 4.74 Å². The molecule has 0 amide bonds. The largest absolute Gasteiger partial charge is 0.490 e. The molecule has 19 heavy (non-hydrogen) atoms. The summed E-state index contributed by atoms with van der Waals surface area (Å²) in [7, 11) is 0. The molecule has 0 saturated heterocycles. The highest BCUT2D eigenvalue weighted by atomic mass is 16.5. The van der Waals surface area contributed by atoms with Crippen molar-refractivity contribution in [2.45, 2.75) is 0 Å². The highest BCUT2D eigenvalue weighted by Crippen LogP contribution is 2.21. The van der Waals surface area contributed by atoms with Crippen LogP contribution in [0.3, 0.4) is 0 Å². The Labute approximate surface area is 111 Å². The Hall–Kier alpha value is -2.55. The molecule has 0 aliphatic carbocycles. The second-order valence-electron chi connectivity index (χ2n) is 3.94. The van der Waals surface area contributed by atoms with Gasteiger partial charge in [0.05, 0.1) is 0 Å². The van der Waals surface area contributed by atoms with Gasteiger partial charge < -0.3 is 9.84 Å². The minimum atomic E-state index is -0.969. The summed E-state index contributed by atoms with van der Waals surface area (Å²) in [5, 5.41) is 8.43. The molecule has 0 spiro atoms. The molecule has 0 bridgehead atoms. The number of aliphatic carboxylic acids is 1. The molecule has 2 aromatic rings. The Bertz CT molecular complexity index is 556. The van der Waals surface area contributed by atoms with E-state index in [1.54, 1.807) is 0 Å². The van der Waals surface area contributed by atoms with Gasteiger partial charge in [-0.1, -0.05) is 42.5 Å². The minimum absolute atomic E-state index is 0.247. The van der Waals surface area contributed by atoms with Crippen LogP contribution in [0.5, 0.6) is 5.75 Å². The van der Waals surface area contributed by atoms with Gasteiger partial charge in [0.2, 0.25) is 0 Å². The molecule has 0 radical (unpaired) electrons. The fourth-order valence-electron chi connectivity index (χ4n) is 1.67. The predicted molar refractivity (Wildman–Crippen MR) is 74.1 cm³/mol.